The van der Waals surface area contributed by atoms with Gasteiger partial charge in [-0.2, -0.15) is 4.98 Å². The summed E-state index contributed by atoms with van der Waals surface area (Å²) >= 11 is 0. The van der Waals surface area contributed by atoms with Crippen molar-refractivity contribution < 1.29 is 10.2 Å². The van der Waals surface area contributed by atoms with Gasteiger partial charge in [-0.1, -0.05) is 6.07 Å². The monoisotopic (exact) mass is 220 g/mol. The van der Waals surface area contributed by atoms with E-state index >= 15 is 0 Å². The second-order valence-electron chi connectivity index (χ2n) is 3.42. The molecule has 0 radical (unpaired) electrons. The van der Waals surface area contributed by atoms with Crippen molar-refractivity contribution in [1.82, 2.24) is 15.2 Å². The van der Waals surface area contributed by atoms with E-state index in [-0.39, 0.29) is 11.5 Å². The summed E-state index contributed by atoms with van der Waals surface area (Å²) in [6.07, 6.45) is 0. The molecule has 0 bridgehead atoms. The molecule has 0 amide bonds. The number of benzene rings is 1. The van der Waals surface area contributed by atoms with E-state index in [1.807, 2.05) is 6.92 Å². The molecular weight excluding hydrogens is 208 g/mol. The number of aryl methyl sites for hydroxylation is 1. The van der Waals surface area contributed by atoms with Crippen LogP contribution in [-0.2, 0) is 6.54 Å². The van der Waals surface area contributed by atoms with Crippen LogP contribution in [0.25, 0.3) is 0 Å². The topological polar surface area (TPSA) is 94.1 Å². The van der Waals surface area contributed by atoms with Crippen LogP contribution in [0.3, 0.4) is 0 Å². The third-order valence-corrected chi connectivity index (χ3v) is 2.09. The number of H-pyrrole nitrogens is 1. The highest BCUT2D eigenvalue weighted by Gasteiger charge is 2.02. The zero-order valence-corrected chi connectivity index (χ0v) is 8.73. The number of aromatic amines is 1. The number of aromatic nitrogens is 3. The van der Waals surface area contributed by atoms with Crippen molar-refractivity contribution in [2.45, 2.75) is 13.5 Å². The molecule has 84 valence electrons. The summed E-state index contributed by atoms with van der Waals surface area (Å²) in [7, 11) is 0. The van der Waals surface area contributed by atoms with Gasteiger partial charge in [-0.15, -0.1) is 5.10 Å². The Labute approximate surface area is 92.0 Å². The molecule has 6 nitrogen and oxygen atoms in total. The standard InChI is InChI=1S/C10H12N4O2/c1-6-12-10(14-13-6)11-5-7-2-3-8(15)9(16)4-7/h2-4,15-16H,5H2,1H3,(H2,11,12,13,14). The van der Waals surface area contributed by atoms with Gasteiger partial charge in [-0.25, -0.2) is 0 Å². The Hall–Kier alpha value is -2.24. The second-order valence-corrected chi connectivity index (χ2v) is 3.42. The lowest BCUT2D eigenvalue weighted by Gasteiger charge is -2.03. The van der Waals surface area contributed by atoms with Gasteiger partial charge >= 0.3 is 0 Å². The van der Waals surface area contributed by atoms with E-state index in [4.69, 9.17) is 5.11 Å². The van der Waals surface area contributed by atoms with Crippen LogP contribution < -0.4 is 5.32 Å². The normalized spacial score (nSPS) is 10.3. The molecule has 0 saturated carbocycles. The average molecular weight is 220 g/mol. The lowest BCUT2D eigenvalue weighted by atomic mass is 10.2. The van der Waals surface area contributed by atoms with Crippen molar-refractivity contribution >= 4 is 5.95 Å². The Balaban J connectivity index is 2.02. The zero-order valence-electron chi connectivity index (χ0n) is 8.73. The van der Waals surface area contributed by atoms with Crippen LogP contribution in [0.5, 0.6) is 11.5 Å². The summed E-state index contributed by atoms with van der Waals surface area (Å²) in [4.78, 5) is 4.08. The molecular formula is C10H12N4O2. The van der Waals surface area contributed by atoms with Crippen LogP contribution in [0, 0.1) is 6.92 Å². The Kier molecular flexibility index (Phi) is 2.63. The van der Waals surface area contributed by atoms with E-state index in [2.05, 4.69) is 20.5 Å². The largest absolute Gasteiger partial charge is 0.504 e. The average Bonchev–Trinajstić information content (AvgIpc) is 2.66. The first-order chi connectivity index (χ1) is 7.65. The number of phenols is 2. The van der Waals surface area contributed by atoms with E-state index in [9.17, 15) is 5.11 Å². The summed E-state index contributed by atoms with van der Waals surface area (Å²) in [6.45, 7) is 2.29. The van der Waals surface area contributed by atoms with Gasteiger partial charge in [0.15, 0.2) is 11.5 Å². The number of rotatable bonds is 3. The molecule has 0 saturated heterocycles. The molecule has 16 heavy (non-hydrogen) atoms. The Morgan fingerprint density at radius 1 is 1.31 bits per heavy atom. The summed E-state index contributed by atoms with van der Waals surface area (Å²) in [5.41, 5.74) is 0.831. The molecule has 0 aliphatic heterocycles. The molecule has 4 N–H and O–H groups in total. The maximum Gasteiger partial charge on any atom is 0.242 e. The maximum atomic E-state index is 9.29. The van der Waals surface area contributed by atoms with Gasteiger partial charge in [0.05, 0.1) is 0 Å². The fraction of sp³-hybridized carbons (Fsp3) is 0.200. The molecule has 1 heterocycles. The van der Waals surface area contributed by atoms with Crippen LogP contribution >= 0.6 is 0 Å². The number of anilines is 1. The van der Waals surface area contributed by atoms with Crippen LogP contribution in [0.15, 0.2) is 18.2 Å². The van der Waals surface area contributed by atoms with Gasteiger partial charge in [0.2, 0.25) is 5.95 Å². The van der Waals surface area contributed by atoms with Crippen LogP contribution in [0.4, 0.5) is 5.95 Å². The van der Waals surface area contributed by atoms with Gasteiger partial charge in [0.25, 0.3) is 0 Å². The minimum Gasteiger partial charge on any atom is -0.504 e. The second kappa shape index (κ2) is 4.09. The summed E-state index contributed by atoms with van der Waals surface area (Å²) in [6, 6.07) is 4.64. The first-order valence-corrected chi connectivity index (χ1v) is 4.79. The highest BCUT2D eigenvalue weighted by molar-refractivity contribution is 5.41. The molecule has 0 unspecified atom stereocenters. The number of phenolic OH excluding ortho intramolecular Hbond substituents is 2. The highest BCUT2D eigenvalue weighted by atomic mass is 16.3. The third kappa shape index (κ3) is 2.22. The highest BCUT2D eigenvalue weighted by Crippen LogP contribution is 2.24. The zero-order chi connectivity index (χ0) is 11.5. The molecule has 0 fully saturated rings. The van der Waals surface area contributed by atoms with Crippen LogP contribution in [0.2, 0.25) is 0 Å². The van der Waals surface area contributed by atoms with Gasteiger partial charge in [0, 0.05) is 6.54 Å². The van der Waals surface area contributed by atoms with E-state index < -0.39 is 0 Å². The Morgan fingerprint density at radius 2 is 2.12 bits per heavy atom. The summed E-state index contributed by atoms with van der Waals surface area (Å²) < 4.78 is 0. The predicted octanol–water partition coefficient (Wildman–Crippen LogP) is 1.14. The minimum atomic E-state index is -0.134. The molecule has 1 aromatic carbocycles. The van der Waals surface area contributed by atoms with Crippen molar-refractivity contribution in [3.63, 3.8) is 0 Å². The summed E-state index contributed by atoms with van der Waals surface area (Å²) in [5, 5.41) is 28.0. The van der Waals surface area contributed by atoms with Gasteiger partial charge in [0.1, 0.15) is 5.82 Å². The van der Waals surface area contributed by atoms with Gasteiger partial charge < -0.3 is 15.5 Å². The van der Waals surface area contributed by atoms with E-state index in [1.54, 1.807) is 6.07 Å². The number of aromatic hydroxyl groups is 2. The Bertz CT molecular complexity index is 495. The molecule has 0 spiro atoms. The molecule has 6 heteroatoms. The Morgan fingerprint density at radius 3 is 2.75 bits per heavy atom. The predicted molar refractivity (Wildman–Crippen MR) is 58.2 cm³/mol. The first kappa shape index (κ1) is 10.3. The molecule has 2 aromatic rings. The number of hydrogen-bond donors (Lipinski definition) is 4. The van der Waals surface area contributed by atoms with Crippen molar-refractivity contribution in [2.24, 2.45) is 0 Å². The van der Waals surface area contributed by atoms with E-state index in [0.29, 0.717) is 12.5 Å². The fourth-order valence-electron chi connectivity index (χ4n) is 1.28. The quantitative estimate of drug-likeness (QED) is 0.582. The lowest BCUT2D eigenvalue weighted by Crippen LogP contribution is -2.00. The van der Waals surface area contributed by atoms with Crippen LogP contribution in [-0.4, -0.2) is 25.4 Å². The minimum absolute atomic E-state index is 0.127. The van der Waals surface area contributed by atoms with Gasteiger partial charge in [-0.3, -0.25) is 5.10 Å². The molecule has 0 aliphatic rings. The molecule has 0 aliphatic carbocycles. The van der Waals surface area contributed by atoms with Crippen molar-refractivity contribution in [1.29, 1.82) is 0 Å². The first-order valence-electron chi connectivity index (χ1n) is 4.79. The third-order valence-electron chi connectivity index (χ3n) is 2.09. The van der Waals surface area contributed by atoms with Crippen molar-refractivity contribution in [2.75, 3.05) is 5.32 Å². The van der Waals surface area contributed by atoms with E-state index in [1.165, 1.54) is 12.1 Å². The number of nitrogens with one attached hydrogen (secondary N) is 2. The number of hydrogen-bond acceptors (Lipinski definition) is 5. The molecule has 1 aromatic heterocycles. The van der Waals surface area contributed by atoms with Gasteiger partial charge in [-0.05, 0) is 24.6 Å². The number of nitrogens with zero attached hydrogens (tertiary/aromatic N) is 2. The lowest BCUT2D eigenvalue weighted by molar-refractivity contribution is 0.403. The smallest absolute Gasteiger partial charge is 0.242 e. The van der Waals surface area contributed by atoms with Crippen LogP contribution in [0.1, 0.15) is 11.4 Å². The SMILES string of the molecule is Cc1nc(NCc2ccc(O)c(O)c2)n[nH]1. The summed E-state index contributed by atoms with van der Waals surface area (Å²) in [5.74, 6) is 0.976. The van der Waals surface area contributed by atoms with E-state index in [0.717, 1.165) is 11.4 Å². The maximum absolute atomic E-state index is 9.29. The molecule has 0 atom stereocenters. The molecule has 2 rings (SSSR count). The van der Waals surface area contributed by atoms with Crippen molar-refractivity contribution in [3.05, 3.63) is 29.6 Å². The fourth-order valence-corrected chi connectivity index (χ4v) is 1.28. The van der Waals surface area contributed by atoms with Crippen molar-refractivity contribution in [3.8, 4) is 11.5 Å².